The van der Waals surface area contributed by atoms with Gasteiger partial charge in [-0.25, -0.2) is 4.79 Å². The first-order valence-corrected chi connectivity index (χ1v) is 9.78. The Morgan fingerprint density at radius 3 is 1.70 bits per heavy atom. The van der Waals surface area contributed by atoms with Crippen molar-refractivity contribution in [3.63, 3.8) is 0 Å². The molecule has 0 aliphatic rings. The predicted octanol–water partition coefficient (Wildman–Crippen LogP) is 5.10. The van der Waals surface area contributed by atoms with Gasteiger partial charge in [-0.05, 0) is 40.0 Å². The largest absolute Gasteiger partial charge is 0.463 e. The summed E-state index contributed by atoms with van der Waals surface area (Å²) in [5.41, 5.74) is 0. The van der Waals surface area contributed by atoms with Crippen LogP contribution in [0, 0.1) is 0 Å². The average molecular weight is 327 g/mol. The summed E-state index contributed by atoms with van der Waals surface area (Å²) in [6.45, 7) is 16.1. The molecule has 136 valence electrons. The summed E-state index contributed by atoms with van der Waals surface area (Å²) >= 11 is 0. The van der Waals surface area contributed by atoms with E-state index in [1.54, 1.807) is 0 Å². The van der Waals surface area contributed by atoms with Gasteiger partial charge < -0.3 is 9.22 Å². The fraction of sp³-hybridized carbons (Fsp3) is 0.850. The standard InChI is InChI=1S/C20H40NO2/c1-5-20(22)23-19-17-15-13-11-9-10-12-14-16-18-21(6-2,7-3)8-4/h5H,1,6-19H2,2-4H3/q+1. The van der Waals surface area contributed by atoms with Crippen molar-refractivity contribution < 1.29 is 14.0 Å². The van der Waals surface area contributed by atoms with E-state index in [1.165, 1.54) is 81.7 Å². The Morgan fingerprint density at radius 2 is 1.26 bits per heavy atom. The Hall–Kier alpha value is -0.830. The molecule has 0 rings (SSSR count). The molecule has 0 unspecified atom stereocenters. The second-order valence-electron chi connectivity index (χ2n) is 6.57. The number of carbonyl (C=O) groups is 1. The van der Waals surface area contributed by atoms with E-state index in [1.807, 2.05) is 0 Å². The van der Waals surface area contributed by atoms with Gasteiger partial charge in [0.25, 0.3) is 0 Å². The van der Waals surface area contributed by atoms with Crippen LogP contribution in [0.1, 0.15) is 78.6 Å². The summed E-state index contributed by atoms with van der Waals surface area (Å²) in [6, 6.07) is 0. The Kier molecular flexibility index (Phi) is 14.2. The van der Waals surface area contributed by atoms with E-state index in [4.69, 9.17) is 4.74 Å². The monoisotopic (exact) mass is 326 g/mol. The van der Waals surface area contributed by atoms with Crippen molar-refractivity contribution in [3.8, 4) is 0 Å². The van der Waals surface area contributed by atoms with Crippen molar-refractivity contribution in [2.45, 2.75) is 78.6 Å². The van der Waals surface area contributed by atoms with Crippen molar-refractivity contribution >= 4 is 5.97 Å². The molecule has 3 heteroatoms. The zero-order valence-electron chi connectivity index (χ0n) is 15.9. The zero-order chi connectivity index (χ0) is 17.4. The third-order valence-electron chi connectivity index (χ3n) is 5.20. The van der Waals surface area contributed by atoms with Crippen molar-refractivity contribution in [2.24, 2.45) is 0 Å². The van der Waals surface area contributed by atoms with Crippen LogP contribution in [-0.2, 0) is 9.53 Å². The lowest BCUT2D eigenvalue weighted by Gasteiger charge is -2.35. The average Bonchev–Trinajstić information content (AvgIpc) is 2.59. The normalized spacial score (nSPS) is 11.4. The van der Waals surface area contributed by atoms with Gasteiger partial charge in [0.05, 0.1) is 32.8 Å². The highest BCUT2D eigenvalue weighted by Gasteiger charge is 2.19. The van der Waals surface area contributed by atoms with Crippen molar-refractivity contribution in [2.75, 3.05) is 32.8 Å². The van der Waals surface area contributed by atoms with Crippen LogP contribution in [0.5, 0.6) is 0 Å². The Bertz CT molecular complexity index is 290. The maximum Gasteiger partial charge on any atom is 0.330 e. The molecule has 0 radical (unpaired) electrons. The summed E-state index contributed by atoms with van der Waals surface area (Å²) in [5.74, 6) is -0.304. The second-order valence-corrected chi connectivity index (χ2v) is 6.57. The molecule has 0 amide bonds. The van der Waals surface area contributed by atoms with E-state index in [2.05, 4.69) is 27.4 Å². The molecule has 0 atom stereocenters. The van der Waals surface area contributed by atoms with Crippen LogP contribution in [0.4, 0.5) is 0 Å². The van der Waals surface area contributed by atoms with E-state index < -0.39 is 0 Å². The van der Waals surface area contributed by atoms with Gasteiger partial charge >= 0.3 is 5.97 Å². The molecule has 0 spiro atoms. The van der Waals surface area contributed by atoms with Gasteiger partial charge in [-0.3, -0.25) is 0 Å². The van der Waals surface area contributed by atoms with Crippen LogP contribution < -0.4 is 0 Å². The van der Waals surface area contributed by atoms with E-state index in [9.17, 15) is 4.79 Å². The summed E-state index contributed by atoms with van der Waals surface area (Å²) in [4.78, 5) is 10.9. The fourth-order valence-electron chi connectivity index (χ4n) is 3.16. The lowest BCUT2D eigenvalue weighted by atomic mass is 10.1. The molecule has 23 heavy (non-hydrogen) atoms. The summed E-state index contributed by atoms with van der Waals surface area (Å²) in [6.07, 6.45) is 12.8. The van der Waals surface area contributed by atoms with E-state index in [0.717, 1.165) is 12.8 Å². The Balaban J connectivity index is 3.34. The van der Waals surface area contributed by atoms with Gasteiger partial charge in [0.2, 0.25) is 0 Å². The molecular formula is C20H40NO2+. The van der Waals surface area contributed by atoms with Crippen LogP contribution in [0.3, 0.4) is 0 Å². The van der Waals surface area contributed by atoms with Gasteiger partial charge in [0.1, 0.15) is 0 Å². The first kappa shape index (κ1) is 22.2. The molecule has 0 heterocycles. The number of esters is 1. The maximum atomic E-state index is 10.9. The quantitative estimate of drug-likeness (QED) is 0.171. The number of quaternary nitrogens is 1. The number of hydrogen-bond donors (Lipinski definition) is 0. The molecule has 0 saturated carbocycles. The van der Waals surface area contributed by atoms with Gasteiger partial charge in [0, 0.05) is 6.08 Å². The van der Waals surface area contributed by atoms with Gasteiger partial charge in [-0.1, -0.05) is 45.1 Å². The minimum absolute atomic E-state index is 0.304. The van der Waals surface area contributed by atoms with Crippen LogP contribution in [0.25, 0.3) is 0 Å². The number of nitrogens with zero attached hydrogens (tertiary/aromatic N) is 1. The third-order valence-corrected chi connectivity index (χ3v) is 5.20. The molecule has 0 aromatic heterocycles. The first-order valence-electron chi connectivity index (χ1n) is 9.78. The van der Waals surface area contributed by atoms with E-state index in [-0.39, 0.29) is 5.97 Å². The fourth-order valence-corrected chi connectivity index (χ4v) is 3.16. The zero-order valence-corrected chi connectivity index (χ0v) is 15.9. The second kappa shape index (κ2) is 14.7. The molecule has 0 fully saturated rings. The highest BCUT2D eigenvalue weighted by Crippen LogP contribution is 2.13. The van der Waals surface area contributed by atoms with Crippen molar-refractivity contribution in [1.82, 2.24) is 0 Å². The van der Waals surface area contributed by atoms with Crippen LogP contribution in [0.2, 0.25) is 0 Å². The molecule has 0 saturated heterocycles. The molecule has 0 aromatic carbocycles. The van der Waals surface area contributed by atoms with Gasteiger partial charge in [-0.15, -0.1) is 0 Å². The molecule has 0 aliphatic heterocycles. The molecule has 0 N–H and O–H groups in total. The highest BCUT2D eigenvalue weighted by atomic mass is 16.5. The van der Waals surface area contributed by atoms with Crippen LogP contribution >= 0.6 is 0 Å². The highest BCUT2D eigenvalue weighted by molar-refractivity contribution is 5.81. The topological polar surface area (TPSA) is 26.3 Å². The summed E-state index contributed by atoms with van der Waals surface area (Å²) < 4.78 is 6.25. The number of ether oxygens (including phenoxy) is 1. The van der Waals surface area contributed by atoms with Gasteiger partial charge in [-0.2, -0.15) is 0 Å². The molecule has 0 bridgehead atoms. The van der Waals surface area contributed by atoms with E-state index in [0.29, 0.717) is 6.61 Å². The van der Waals surface area contributed by atoms with Crippen LogP contribution in [0.15, 0.2) is 12.7 Å². The summed E-state index contributed by atoms with van der Waals surface area (Å²) in [5, 5.41) is 0. The number of hydrogen-bond acceptors (Lipinski definition) is 2. The first-order chi connectivity index (χ1) is 11.1. The maximum absolute atomic E-state index is 10.9. The lowest BCUT2D eigenvalue weighted by molar-refractivity contribution is -0.923. The van der Waals surface area contributed by atoms with Crippen molar-refractivity contribution in [3.05, 3.63) is 12.7 Å². The number of carbonyl (C=O) groups excluding carboxylic acids is 1. The number of unbranched alkanes of at least 4 members (excludes halogenated alkanes) is 8. The minimum Gasteiger partial charge on any atom is -0.463 e. The predicted molar refractivity (Wildman–Crippen MR) is 99.5 cm³/mol. The lowest BCUT2D eigenvalue weighted by Crippen LogP contribution is -2.48. The smallest absolute Gasteiger partial charge is 0.330 e. The van der Waals surface area contributed by atoms with Crippen LogP contribution in [-0.4, -0.2) is 43.2 Å². The third kappa shape index (κ3) is 11.4. The van der Waals surface area contributed by atoms with Crippen molar-refractivity contribution in [1.29, 1.82) is 0 Å². The number of rotatable bonds is 16. The minimum atomic E-state index is -0.304. The Morgan fingerprint density at radius 1 is 0.826 bits per heavy atom. The SMILES string of the molecule is C=CC(=O)OCCCCCCCCCCC[N+](CC)(CC)CC. The summed E-state index contributed by atoms with van der Waals surface area (Å²) in [7, 11) is 0. The Labute approximate surface area is 144 Å². The van der Waals surface area contributed by atoms with Gasteiger partial charge in [0.15, 0.2) is 0 Å². The molecule has 0 aromatic rings. The molecule has 3 nitrogen and oxygen atoms in total. The van der Waals surface area contributed by atoms with E-state index >= 15 is 0 Å². The molecular weight excluding hydrogens is 286 g/mol. The molecule has 0 aliphatic carbocycles.